The summed E-state index contributed by atoms with van der Waals surface area (Å²) in [7, 11) is -0.313. The molecule has 2 fully saturated rings. The fraction of sp³-hybridized carbons (Fsp3) is 0.585. The van der Waals surface area contributed by atoms with Crippen LogP contribution in [0.3, 0.4) is 0 Å². The number of carbonyl (C=O) groups excluding carboxylic acids is 5. The largest absolute Gasteiger partial charge is 0.444 e. The number of unbranched alkanes of at least 4 members (excludes halogenated alkanes) is 3. The molecule has 3 N–H and O–H groups in total. The number of sulfonamides is 1. The van der Waals surface area contributed by atoms with E-state index in [-0.39, 0.29) is 31.2 Å². The summed E-state index contributed by atoms with van der Waals surface area (Å²) in [5, 5.41) is 4.54. The maximum atomic E-state index is 13.7. The Morgan fingerprint density at radius 1 is 1.04 bits per heavy atom. The highest BCUT2D eigenvalue weighted by molar-refractivity contribution is 7.90. The van der Waals surface area contributed by atoms with E-state index in [0.717, 1.165) is 29.7 Å². The maximum absolute atomic E-state index is 13.7. The fourth-order valence-corrected chi connectivity index (χ4v) is 8.65. The van der Waals surface area contributed by atoms with Crippen molar-refractivity contribution in [1.29, 1.82) is 0 Å². The van der Waals surface area contributed by atoms with Crippen LogP contribution in [-0.4, -0.2) is 109 Å². The van der Waals surface area contributed by atoms with E-state index in [1.807, 2.05) is 55.4 Å². The van der Waals surface area contributed by atoms with Crippen LogP contribution in [-0.2, 0) is 47.0 Å². The second-order valence-corrected chi connectivity index (χ2v) is 18.5. The van der Waals surface area contributed by atoms with Crippen molar-refractivity contribution in [3.8, 4) is 0 Å². The molecule has 0 aromatic heterocycles. The second-order valence-electron chi connectivity index (χ2n) is 16.6. The minimum absolute atomic E-state index is 0.222. The minimum Gasteiger partial charge on any atom is -0.444 e. The third-order valence-electron chi connectivity index (χ3n) is 10.6. The Kier molecular flexibility index (Phi) is 13.8. The molecule has 1 saturated carbocycles. The maximum Gasteiger partial charge on any atom is 0.410 e. The number of fused-ring (bicyclic) bond motifs is 1. The number of alkyl carbamates (subject to hydrolysis) is 1. The van der Waals surface area contributed by atoms with Crippen LogP contribution >= 0.6 is 0 Å². The topological polar surface area (TPSA) is 184 Å². The lowest BCUT2D eigenvalue weighted by atomic mass is 10.1. The first-order valence-electron chi connectivity index (χ1n) is 19.7. The SMILES string of the molecule is CC(=O)N[C@]1(C(=O)NS(=O)(=O)C2C=CC(N(C)C)=CC2)C[C@H]1/C=C\CCCCC[C@H](NC(=O)OC(C)(C)C)C(=O)N1CC[C@@H](OC(=O)N2Cc3ccccc3C2)C1. The van der Waals surface area contributed by atoms with Gasteiger partial charge in [-0.25, -0.2) is 18.0 Å². The zero-order valence-corrected chi connectivity index (χ0v) is 34.7. The molecule has 0 radical (unpaired) electrons. The monoisotopic (exact) mass is 810 g/mol. The summed E-state index contributed by atoms with van der Waals surface area (Å²) in [5.41, 5.74) is 0.974. The van der Waals surface area contributed by atoms with Crippen molar-refractivity contribution in [1.82, 2.24) is 30.1 Å². The Bertz CT molecular complexity index is 1860. The zero-order chi connectivity index (χ0) is 41.5. The molecule has 5 amide bonds. The number of likely N-dealkylation sites (tertiary alicyclic amines) is 1. The number of likely N-dealkylation sites (N-methyl/N-ethyl adjacent to an activating group) is 1. The summed E-state index contributed by atoms with van der Waals surface area (Å²) in [6.45, 7) is 8.14. The molecule has 1 aromatic rings. The van der Waals surface area contributed by atoms with Crippen molar-refractivity contribution in [2.24, 2.45) is 5.92 Å². The molecule has 1 aromatic carbocycles. The number of rotatable bonds is 15. The average molecular weight is 811 g/mol. The van der Waals surface area contributed by atoms with Crippen LogP contribution in [0.15, 0.2) is 60.3 Å². The highest BCUT2D eigenvalue weighted by Crippen LogP contribution is 2.45. The zero-order valence-electron chi connectivity index (χ0n) is 33.9. The Balaban J connectivity index is 1.08. The number of hydrogen-bond acceptors (Lipinski definition) is 10. The van der Waals surface area contributed by atoms with Gasteiger partial charge < -0.3 is 29.9 Å². The molecule has 4 aliphatic rings. The van der Waals surface area contributed by atoms with E-state index < -0.39 is 62.6 Å². The van der Waals surface area contributed by atoms with Crippen LogP contribution in [0.5, 0.6) is 0 Å². The lowest BCUT2D eigenvalue weighted by Crippen LogP contribution is -2.52. The van der Waals surface area contributed by atoms with Crippen LogP contribution in [0.25, 0.3) is 0 Å². The number of amides is 5. The number of carbonyl (C=O) groups is 5. The molecule has 2 heterocycles. The molecule has 5 atom stereocenters. The standard InChI is InChI=1S/C41H58N6O9S/c1-28(48)43-41(37(50)44-57(53,54)34-20-18-32(19-21-34)45(5)6)24-31(41)16-10-8-7-9-11-17-35(42-38(51)56-40(2,3)4)36(49)46-23-22-33(27-46)55-39(52)47-25-29-14-12-13-15-30(29)26-47/h10,12-16,18-20,31,33-35H,7-9,11,17,21-27H2,1-6H3,(H,42,51)(H,43,48)(H,44,50)/b16-10-/t31-,33-,34?,35+,41-/m1/s1. The summed E-state index contributed by atoms with van der Waals surface area (Å²) in [4.78, 5) is 70.0. The van der Waals surface area contributed by atoms with Gasteiger partial charge in [-0.05, 0) is 70.1 Å². The first kappa shape index (κ1) is 43.3. The van der Waals surface area contributed by atoms with Gasteiger partial charge in [-0.1, -0.05) is 61.4 Å². The number of allylic oxidation sites excluding steroid dienone is 3. The summed E-state index contributed by atoms with van der Waals surface area (Å²) in [6.07, 6.45) is 11.4. The van der Waals surface area contributed by atoms with E-state index in [0.29, 0.717) is 45.3 Å². The predicted molar refractivity (Wildman–Crippen MR) is 214 cm³/mol. The van der Waals surface area contributed by atoms with Crippen molar-refractivity contribution < 1.29 is 41.9 Å². The highest BCUT2D eigenvalue weighted by atomic mass is 32.2. The first-order chi connectivity index (χ1) is 26.9. The van der Waals surface area contributed by atoms with Gasteiger partial charge in [0.2, 0.25) is 21.8 Å². The van der Waals surface area contributed by atoms with Crippen molar-refractivity contribution in [3.63, 3.8) is 0 Å². The van der Waals surface area contributed by atoms with Crippen molar-refractivity contribution in [2.75, 3.05) is 27.2 Å². The van der Waals surface area contributed by atoms with E-state index in [9.17, 15) is 32.4 Å². The molecule has 0 spiro atoms. The van der Waals surface area contributed by atoms with Gasteiger partial charge in [-0.2, -0.15) is 0 Å². The Labute approximate surface area is 336 Å². The summed E-state index contributed by atoms with van der Waals surface area (Å²) < 4.78 is 39.6. The van der Waals surface area contributed by atoms with Crippen LogP contribution in [0.2, 0.25) is 0 Å². The molecule has 16 heteroatoms. The molecule has 0 bridgehead atoms. The second kappa shape index (κ2) is 18.2. The minimum atomic E-state index is -4.03. The first-order valence-corrected chi connectivity index (χ1v) is 21.3. The van der Waals surface area contributed by atoms with Gasteiger partial charge in [-0.15, -0.1) is 0 Å². The third-order valence-corrected chi connectivity index (χ3v) is 12.2. The number of nitrogens with one attached hydrogen (secondary N) is 3. The van der Waals surface area contributed by atoms with Gasteiger partial charge in [0.1, 0.15) is 28.5 Å². The third kappa shape index (κ3) is 11.6. The van der Waals surface area contributed by atoms with Gasteiger partial charge in [-0.3, -0.25) is 24.0 Å². The average Bonchev–Trinajstić information content (AvgIpc) is 3.42. The highest BCUT2D eigenvalue weighted by Gasteiger charge is 2.60. The summed E-state index contributed by atoms with van der Waals surface area (Å²) >= 11 is 0. The molecule has 2 aliphatic carbocycles. The van der Waals surface area contributed by atoms with Crippen LogP contribution in [0.4, 0.5) is 9.59 Å². The lowest BCUT2D eigenvalue weighted by Gasteiger charge is -2.26. The molecule has 5 rings (SSSR count). The predicted octanol–water partition coefficient (Wildman–Crippen LogP) is 4.25. The molecule has 2 aliphatic heterocycles. The van der Waals surface area contributed by atoms with Gasteiger partial charge in [0.15, 0.2) is 0 Å². The number of nitrogens with zero attached hydrogens (tertiary/aromatic N) is 3. The molecule has 15 nitrogen and oxygen atoms in total. The number of hydrogen-bond donors (Lipinski definition) is 3. The smallest absolute Gasteiger partial charge is 0.410 e. The van der Waals surface area contributed by atoms with E-state index >= 15 is 0 Å². The van der Waals surface area contributed by atoms with Crippen LogP contribution < -0.4 is 15.4 Å². The van der Waals surface area contributed by atoms with Gasteiger partial charge in [0.05, 0.1) is 6.54 Å². The molecule has 1 unspecified atom stereocenters. The van der Waals surface area contributed by atoms with E-state index in [1.165, 1.54) is 6.92 Å². The Morgan fingerprint density at radius 2 is 1.74 bits per heavy atom. The van der Waals surface area contributed by atoms with Crippen LogP contribution in [0, 0.1) is 5.92 Å². The lowest BCUT2D eigenvalue weighted by molar-refractivity contribution is -0.133. The van der Waals surface area contributed by atoms with Gasteiger partial charge >= 0.3 is 12.2 Å². The molecular weight excluding hydrogens is 753 g/mol. The normalized spacial score (nSPS) is 23.3. The Hall–Kier alpha value is -4.86. The number of ether oxygens (including phenoxy) is 2. The van der Waals surface area contributed by atoms with Crippen LogP contribution in [0.1, 0.15) is 90.2 Å². The van der Waals surface area contributed by atoms with Crippen molar-refractivity contribution in [3.05, 3.63) is 71.5 Å². The summed E-state index contributed by atoms with van der Waals surface area (Å²) in [6, 6.07) is 7.05. The van der Waals surface area contributed by atoms with Crippen molar-refractivity contribution in [2.45, 2.75) is 121 Å². The molecule has 57 heavy (non-hydrogen) atoms. The Morgan fingerprint density at radius 3 is 2.35 bits per heavy atom. The van der Waals surface area contributed by atoms with Gasteiger partial charge in [0, 0.05) is 58.7 Å². The van der Waals surface area contributed by atoms with Gasteiger partial charge in [0.25, 0.3) is 5.91 Å². The molecular formula is C41H58N6O9S. The van der Waals surface area contributed by atoms with E-state index in [1.54, 1.807) is 48.8 Å². The van der Waals surface area contributed by atoms with Crippen molar-refractivity contribution >= 4 is 39.9 Å². The quantitative estimate of drug-likeness (QED) is 0.171. The van der Waals surface area contributed by atoms with E-state index in [4.69, 9.17) is 9.47 Å². The number of benzene rings is 1. The molecule has 1 saturated heterocycles. The molecule has 312 valence electrons. The van der Waals surface area contributed by atoms with E-state index in [2.05, 4.69) is 15.4 Å². The summed E-state index contributed by atoms with van der Waals surface area (Å²) in [5.74, 6) is -1.81. The fourth-order valence-electron chi connectivity index (χ4n) is 7.42.